The lowest BCUT2D eigenvalue weighted by Crippen LogP contribution is -2.49. The van der Waals surface area contributed by atoms with Crippen molar-refractivity contribution in [3.8, 4) is 0 Å². The van der Waals surface area contributed by atoms with Gasteiger partial charge in [-0.25, -0.2) is 4.79 Å². The molecule has 0 radical (unpaired) electrons. The van der Waals surface area contributed by atoms with Gasteiger partial charge >= 0.3 is 5.63 Å². The third kappa shape index (κ3) is 3.00. The van der Waals surface area contributed by atoms with Crippen molar-refractivity contribution in [2.45, 2.75) is 6.92 Å². The van der Waals surface area contributed by atoms with Crippen molar-refractivity contribution in [2.24, 2.45) is 0 Å². The molecular weight excluding hydrogens is 340 g/mol. The molecule has 1 aromatic carbocycles. The number of anilines is 1. The van der Waals surface area contributed by atoms with Gasteiger partial charge in [0.05, 0.1) is 0 Å². The summed E-state index contributed by atoms with van der Waals surface area (Å²) in [5.74, 6) is -0.285. The Morgan fingerprint density at radius 2 is 1.92 bits per heavy atom. The van der Waals surface area contributed by atoms with Crippen LogP contribution in [0.15, 0.2) is 39.5 Å². The van der Waals surface area contributed by atoms with Crippen LogP contribution >= 0.6 is 11.3 Å². The van der Waals surface area contributed by atoms with Crippen LogP contribution in [0, 0.1) is 6.92 Å². The van der Waals surface area contributed by atoms with E-state index in [4.69, 9.17) is 4.42 Å². The van der Waals surface area contributed by atoms with Gasteiger partial charge in [0.1, 0.15) is 16.2 Å². The molecule has 2 aromatic heterocycles. The lowest BCUT2D eigenvalue weighted by Gasteiger charge is -2.34. The number of para-hydroxylation sites is 1. The number of aryl methyl sites for hydroxylation is 1. The van der Waals surface area contributed by atoms with E-state index in [0.717, 1.165) is 15.5 Å². The van der Waals surface area contributed by atoms with Crippen LogP contribution in [0.4, 0.5) is 5.13 Å². The molecule has 1 amide bonds. The maximum atomic E-state index is 12.7. The van der Waals surface area contributed by atoms with Crippen molar-refractivity contribution >= 4 is 33.3 Å². The van der Waals surface area contributed by atoms with Gasteiger partial charge in [-0.2, -0.15) is 0 Å². The largest absolute Gasteiger partial charge is 0.422 e. The van der Waals surface area contributed by atoms with E-state index < -0.39 is 5.63 Å². The molecule has 0 atom stereocenters. The zero-order chi connectivity index (χ0) is 17.4. The maximum Gasteiger partial charge on any atom is 0.349 e. The Balaban J connectivity index is 1.52. The zero-order valence-corrected chi connectivity index (χ0v) is 14.5. The topological polar surface area (TPSA) is 79.5 Å². The lowest BCUT2D eigenvalue weighted by molar-refractivity contribution is 0.0742. The van der Waals surface area contributed by atoms with Crippen LogP contribution in [0.3, 0.4) is 0 Å². The van der Waals surface area contributed by atoms with Gasteiger partial charge in [-0.15, -0.1) is 10.2 Å². The molecule has 0 bridgehead atoms. The Morgan fingerprint density at radius 1 is 1.16 bits per heavy atom. The normalized spacial score (nSPS) is 14.9. The van der Waals surface area contributed by atoms with Crippen molar-refractivity contribution in [1.29, 1.82) is 0 Å². The first-order valence-electron chi connectivity index (χ1n) is 7.99. The molecule has 0 saturated carbocycles. The molecule has 0 N–H and O–H groups in total. The summed E-state index contributed by atoms with van der Waals surface area (Å²) in [5.41, 5.74) is -0.0229. The third-order valence-corrected chi connectivity index (χ3v) is 5.12. The second-order valence-corrected chi connectivity index (χ2v) is 7.03. The molecule has 0 aliphatic carbocycles. The molecule has 0 unspecified atom stereocenters. The highest BCUT2D eigenvalue weighted by Crippen LogP contribution is 2.21. The molecule has 3 aromatic rings. The van der Waals surface area contributed by atoms with E-state index in [0.29, 0.717) is 31.8 Å². The van der Waals surface area contributed by atoms with Crippen LogP contribution in [-0.4, -0.2) is 47.2 Å². The number of fused-ring (bicyclic) bond motifs is 1. The Bertz CT molecular complexity index is 989. The Labute approximate surface area is 147 Å². The molecule has 128 valence electrons. The first kappa shape index (κ1) is 15.8. The van der Waals surface area contributed by atoms with Gasteiger partial charge in [0, 0.05) is 31.6 Å². The molecule has 1 aliphatic rings. The summed E-state index contributed by atoms with van der Waals surface area (Å²) in [4.78, 5) is 28.7. The average molecular weight is 356 g/mol. The molecule has 7 nitrogen and oxygen atoms in total. The fraction of sp³-hybridized carbons (Fsp3) is 0.294. The van der Waals surface area contributed by atoms with Crippen molar-refractivity contribution < 1.29 is 9.21 Å². The smallest absolute Gasteiger partial charge is 0.349 e. The average Bonchev–Trinajstić information content (AvgIpc) is 3.07. The first-order chi connectivity index (χ1) is 12.1. The van der Waals surface area contributed by atoms with E-state index in [-0.39, 0.29) is 11.5 Å². The van der Waals surface area contributed by atoms with Crippen LogP contribution < -0.4 is 10.5 Å². The van der Waals surface area contributed by atoms with E-state index in [9.17, 15) is 9.59 Å². The summed E-state index contributed by atoms with van der Waals surface area (Å²) in [6.07, 6.45) is 0. The quantitative estimate of drug-likeness (QED) is 0.653. The van der Waals surface area contributed by atoms with Crippen LogP contribution in [0.5, 0.6) is 0 Å². The van der Waals surface area contributed by atoms with Gasteiger partial charge in [0.25, 0.3) is 5.91 Å². The molecule has 3 heterocycles. The monoisotopic (exact) mass is 356 g/mol. The number of hydrogen-bond donors (Lipinski definition) is 0. The van der Waals surface area contributed by atoms with E-state index in [1.54, 1.807) is 23.1 Å². The highest BCUT2D eigenvalue weighted by atomic mass is 32.1. The van der Waals surface area contributed by atoms with Crippen molar-refractivity contribution in [3.63, 3.8) is 0 Å². The minimum Gasteiger partial charge on any atom is -0.422 e. The number of hydrogen-bond acceptors (Lipinski definition) is 7. The molecule has 1 saturated heterocycles. The number of carbonyl (C=O) groups excluding carboxylic acids is 1. The number of piperazine rings is 1. The van der Waals surface area contributed by atoms with Crippen molar-refractivity contribution in [3.05, 3.63) is 51.3 Å². The standard InChI is InChI=1S/C17H16N4O3S/c1-11-18-19-17(25-11)21-8-6-20(7-9-21)15(22)13-10-12-4-2-3-5-14(12)24-16(13)23/h2-5,10H,6-9H2,1H3. The Morgan fingerprint density at radius 3 is 2.64 bits per heavy atom. The highest BCUT2D eigenvalue weighted by Gasteiger charge is 2.26. The van der Waals surface area contributed by atoms with Crippen LogP contribution in [-0.2, 0) is 0 Å². The number of nitrogens with zero attached hydrogens (tertiary/aromatic N) is 4. The number of benzene rings is 1. The minimum atomic E-state index is -0.592. The van der Waals surface area contributed by atoms with Gasteiger partial charge in [0.2, 0.25) is 5.13 Å². The summed E-state index contributed by atoms with van der Waals surface area (Å²) >= 11 is 1.54. The van der Waals surface area contributed by atoms with Crippen molar-refractivity contribution in [1.82, 2.24) is 15.1 Å². The van der Waals surface area contributed by atoms with Crippen LogP contribution in [0.2, 0.25) is 0 Å². The Hall–Kier alpha value is -2.74. The third-order valence-electron chi connectivity index (χ3n) is 4.22. The maximum absolute atomic E-state index is 12.7. The van der Waals surface area contributed by atoms with E-state index in [1.807, 2.05) is 19.1 Å². The molecule has 1 aliphatic heterocycles. The summed E-state index contributed by atoms with van der Waals surface area (Å²) in [6, 6.07) is 8.79. The van der Waals surface area contributed by atoms with Gasteiger partial charge < -0.3 is 14.2 Å². The summed E-state index contributed by atoms with van der Waals surface area (Å²) in [6.45, 7) is 4.31. The lowest BCUT2D eigenvalue weighted by atomic mass is 10.1. The molecule has 1 fully saturated rings. The summed E-state index contributed by atoms with van der Waals surface area (Å²) in [5, 5.41) is 10.7. The summed E-state index contributed by atoms with van der Waals surface area (Å²) < 4.78 is 5.27. The van der Waals surface area contributed by atoms with E-state index >= 15 is 0 Å². The first-order valence-corrected chi connectivity index (χ1v) is 8.81. The molecular formula is C17H16N4O3S. The van der Waals surface area contributed by atoms with Gasteiger partial charge in [-0.3, -0.25) is 4.79 Å². The SMILES string of the molecule is Cc1nnc(N2CCN(C(=O)c3cc4ccccc4oc3=O)CC2)s1. The summed E-state index contributed by atoms with van der Waals surface area (Å²) in [7, 11) is 0. The van der Waals surface area contributed by atoms with Crippen molar-refractivity contribution in [2.75, 3.05) is 31.1 Å². The zero-order valence-electron chi connectivity index (χ0n) is 13.6. The predicted octanol–water partition coefficient (Wildman–Crippen LogP) is 1.92. The number of carbonyl (C=O) groups is 1. The van der Waals surface area contributed by atoms with Gasteiger partial charge in [0.15, 0.2) is 0 Å². The molecule has 0 spiro atoms. The highest BCUT2D eigenvalue weighted by molar-refractivity contribution is 7.15. The Kier molecular flexibility index (Phi) is 3.96. The van der Waals surface area contributed by atoms with Crippen LogP contribution in [0.25, 0.3) is 11.0 Å². The number of rotatable bonds is 2. The predicted molar refractivity (Wildman–Crippen MR) is 95.2 cm³/mol. The van der Waals surface area contributed by atoms with Crippen LogP contribution in [0.1, 0.15) is 15.4 Å². The second-order valence-electron chi connectivity index (χ2n) is 5.87. The molecule has 25 heavy (non-hydrogen) atoms. The second kappa shape index (κ2) is 6.29. The van der Waals surface area contributed by atoms with Gasteiger partial charge in [-0.1, -0.05) is 29.5 Å². The van der Waals surface area contributed by atoms with E-state index in [2.05, 4.69) is 15.1 Å². The fourth-order valence-electron chi connectivity index (χ4n) is 2.90. The number of aromatic nitrogens is 2. The molecule has 4 rings (SSSR count). The molecule has 8 heteroatoms. The number of amides is 1. The minimum absolute atomic E-state index is 0.0823. The fourth-order valence-corrected chi connectivity index (χ4v) is 3.64. The van der Waals surface area contributed by atoms with E-state index in [1.165, 1.54) is 11.3 Å². The van der Waals surface area contributed by atoms with Gasteiger partial charge in [-0.05, 0) is 19.1 Å².